The summed E-state index contributed by atoms with van der Waals surface area (Å²) in [7, 11) is 0. The predicted molar refractivity (Wildman–Crippen MR) is 49.8 cm³/mol. The van der Waals surface area contributed by atoms with Gasteiger partial charge in [0.2, 0.25) is 0 Å². The average molecular weight is 297 g/mol. The van der Waals surface area contributed by atoms with Crippen LogP contribution < -0.4 is 9.47 Å². The molecule has 0 radical (unpaired) electrons. The van der Waals surface area contributed by atoms with E-state index in [4.69, 9.17) is 23.2 Å². The molecule has 0 N–H and O–H groups in total. The molecule has 0 amide bonds. The Morgan fingerprint density at radius 2 is 1.71 bits per heavy atom. The molecule has 0 fully saturated rings. The summed E-state index contributed by atoms with van der Waals surface area (Å²) in [6.45, 7) is -3.20. The molecular formula is C8H3Cl2F5O2. The van der Waals surface area contributed by atoms with Crippen LogP contribution in [0.25, 0.3) is 0 Å². The maximum Gasteiger partial charge on any atom is 0.573 e. The summed E-state index contributed by atoms with van der Waals surface area (Å²) >= 11 is 10.8. The third-order valence-electron chi connectivity index (χ3n) is 1.42. The largest absolute Gasteiger partial charge is 0.573 e. The van der Waals surface area contributed by atoms with E-state index in [1.807, 2.05) is 0 Å². The van der Waals surface area contributed by atoms with E-state index in [-0.39, 0.29) is 0 Å². The van der Waals surface area contributed by atoms with Gasteiger partial charge in [0.15, 0.2) is 5.75 Å². The molecule has 0 saturated heterocycles. The third-order valence-corrected chi connectivity index (χ3v) is 2.20. The highest BCUT2D eigenvalue weighted by atomic mass is 35.5. The Kier molecular flexibility index (Phi) is 4.26. The maximum atomic E-state index is 11.9. The summed E-state index contributed by atoms with van der Waals surface area (Å²) in [5.74, 6) is -1.50. The number of hydrogen-bond donors (Lipinski definition) is 0. The second-order valence-electron chi connectivity index (χ2n) is 2.64. The second-order valence-corrected chi connectivity index (χ2v) is 3.43. The van der Waals surface area contributed by atoms with Crippen molar-refractivity contribution in [2.75, 3.05) is 0 Å². The number of ether oxygens (including phenoxy) is 2. The Bertz CT molecular complexity index is 408. The Labute approximate surface area is 102 Å². The molecule has 0 saturated carbocycles. The molecule has 96 valence electrons. The van der Waals surface area contributed by atoms with Gasteiger partial charge in [-0.05, 0) is 0 Å². The van der Waals surface area contributed by atoms with Gasteiger partial charge in [0, 0.05) is 12.1 Å². The minimum absolute atomic E-state index is 0.399. The minimum atomic E-state index is -5.02. The second kappa shape index (κ2) is 5.14. The molecule has 1 aromatic carbocycles. The highest BCUT2D eigenvalue weighted by Gasteiger charge is 2.32. The van der Waals surface area contributed by atoms with Crippen molar-refractivity contribution in [3.05, 3.63) is 22.2 Å². The van der Waals surface area contributed by atoms with E-state index in [2.05, 4.69) is 9.47 Å². The van der Waals surface area contributed by atoms with Crippen molar-refractivity contribution in [2.24, 2.45) is 0 Å². The Morgan fingerprint density at radius 3 is 2.18 bits per heavy atom. The molecule has 0 heterocycles. The van der Waals surface area contributed by atoms with Crippen LogP contribution in [0.4, 0.5) is 22.0 Å². The zero-order valence-corrected chi connectivity index (χ0v) is 9.21. The van der Waals surface area contributed by atoms with E-state index in [0.29, 0.717) is 6.07 Å². The van der Waals surface area contributed by atoms with Crippen molar-refractivity contribution in [1.29, 1.82) is 0 Å². The van der Waals surface area contributed by atoms with E-state index < -0.39 is 34.5 Å². The Morgan fingerprint density at radius 1 is 1.12 bits per heavy atom. The molecule has 0 bridgehead atoms. The standard InChI is InChI=1S/C8H3Cl2F5O2/c9-4-1-3(16-7(11)12)2-5(6(4)10)17-8(13,14)15/h1-2,7H. The number of halogens is 7. The van der Waals surface area contributed by atoms with Crippen LogP contribution >= 0.6 is 23.2 Å². The summed E-state index contributed by atoms with van der Waals surface area (Å²) in [5, 5.41) is -0.949. The van der Waals surface area contributed by atoms with Crippen LogP contribution in [0.2, 0.25) is 10.0 Å². The van der Waals surface area contributed by atoms with Crippen molar-refractivity contribution in [3.63, 3.8) is 0 Å². The van der Waals surface area contributed by atoms with Gasteiger partial charge in [-0.25, -0.2) is 0 Å². The predicted octanol–water partition coefficient (Wildman–Crippen LogP) is 4.49. The van der Waals surface area contributed by atoms with Gasteiger partial charge in [-0.2, -0.15) is 8.78 Å². The number of rotatable bonds is 3. The fourth-order valence-corrected chi connectivity index (χ4v) is 1.26. The van der Waals surface area contributed by atoms with Crippen LogP contribution in [0.3, 0.4) is 0 Å². The first kappa shape index (κ1) is 14.1. The maximum absolute atomic E-state index is 11.9. The molecule has 9 heteroatoms. The van der Waals surface area contributed by atoms with Gasteiger partial charge in [0.1, 0.15) is 10.8 Å². The average Bonchev–Trinajstić information content (AvgIpc) is 2.09. The Balaban J connectivity index is 3.07. The molecule has 0 spiro atoms. The van der Waals surface area contributed by atoms with Gasteiger partial charge in [-0.3, -0.25) is 0 Å². The van der Waals surface area contributed by atoms with E-state index in [0.717, 1.165) is 6.07 Å². The normalized spacial score (nSPS) is 11.8. The van der Waals surface area contributed by atoms with E-state index in [1.165, 1.54) is 0 Å². The molecule has 1 aromatic rings. The van der Waals surface area contributed by atoms with Gasteiger partial charge < -0.3 is 9.47 Å². The topological polar surface area (TPSA) is 18.5 Å². The zero-order chi connectivity index (χ0) is 13.2. The van der Waals surface area contributed by atoms with E-state index in [1.54, 1.807) is 0 Å². The number of hydrogen-bond acceptors (Lipinski definition) is 2. The van der Waals surface area contributed by atoms with Crippen molar-refractivity contribution in [3.8, 4) is 11.5 Å². The lowest BCUT2D eigenvalue weighted by molar-refractivity contribution is -0.274. The fraction of sp³-hybridized carbons (Fsp3) is 0.250. The van der Waals surface area contributed by atoms with Crippen LogP contribution in [0.15, 0.2) is 12.1 Å². The molecule has 17 heavy (non-hydrogen) atoms. The van der Waals surface area contributed by atoms with Gasteiger partial charge in [-0.15, -0.1) is 13.2 Å². The Hall–Kier alpha value is -0.950. The molecule has 1 rings (SSSR count). The summed E-state index contributed by atoms with van der Waals surface area (Å²) in [6.07, 6.45) is -5.02. The first-order valence-electron chi connectivity index (χ1n) is 3.88. The van der Waals surface area contributed by atoms with Crippen molar-refractivity contribution >= 4 is 23.2 Å². The SMILES string of the molecule is FC(F)Oc1cc(Cl)c(Cl)c(OC(F)(F)F)c1. The monoisotopic (exact) mass is 296 g/mol. The molecule has 2 nitrogen and oxygen atoms in total. The van der Waals surface area contributed by atoms with E-state index in [9.17, 15) is 22.0 Å². The van der Waals surface area contributed by atoms with Gasteiger partial charge >= 0.3 is 13.0 Å². The van der Waals surface area contributed by atoms with Crippen LogP contribution in [-0.2, 0) is 0 Å². The highest BCUT2D eigenvalue weighted by molar-refractivity contribution is 6.43. The van der Waals surface area contributed by atoms with Crippen LogP contribution in [0.5, 0.6) is 11.5 Å². The van der Waals surface area contributed by atoms with Gasteiger partial charge in [-0.1, -0.05) is 23.2 Å². The number of benzene rings is 1. The first-order valence-corrected chi connectivity index (χ1v) is 4.64. The van der Waals surface area contributed by atoms with Crippen LogP contribution in [0.1, 0.15) is 0 Å². The highest BCUT2D eigenvalue weighted by Crippen LogP contribution is 2.39. The molecule has 0 atom stereocenters. The van der Waals surface area contributed by atoms with E-state index >= 15 is 0 Å². The smallest absolute Gasteiger partial charge is 0.435 e. The van der Waals surface area contributed by atoms with Crippen molar-refractivity contribution in [2.45, 2.75) is 13.0 Å². The summed E-state index contributed by atoms with van der Waals surface area (Å²) < 4.78 is 66.9. The fourth-order valence-electron chi connectivity index (χ4n) is 0.910. The molecule has 0 aromatic heterocycles. The number of alkyl halides is 5. The zero-order valence-electron chi connectivity index (χ0n) is 7.69. The lowest BCUT2D eigenvalue weighted by Gasteiger charge is -2.13. The van der Waals surface area contributed by atoms with Crippen LogP contribution in [-0.4, -0.2) is 13.0 Å². The lowest BCUT2D eigenvalue weighted by atomic mass is 10.3. The lowest BCUT2D eigenvalue weighted by Crippen LogP contribution is -2.17. The van der Waals surface area contributed by atoms with Crippen molar-refractivity contribution < 1.29 is 31.4 Å². The molecule has 0 aliphatic rings. The molecular weight excluding hydrogens is 294 g/mol. The molecule has 0 unspecified atom stereocenters. The minimum Gasteiger partial charge on any atom is -0.435 e. The summed E-state index contributed by atoms with van der Waals surface area (Å²) in [5.41, 5.74) is 0. The quantitative estimate of drug-likeness (QED) is 0.765. The van der Waals surface area contributed by atoms with Gasteiger partial charge in [0.05, 0.1) is 5.02 Å². The summed E-state index contributed by atoms with van der Waals surface area (Å²) in [4.78, 5) is 0. The summed E-state index contributed by atoms with van der Waals surface area (Å²) in [6, 6.07) is 1.41. The first-order chi connectivity index (χ1) is 7.69. The third kappa shape index (κ3) is 4.43. The molecule has 0 aliphatic carbocycles. The molecule has 0 aliphatic heterocycles. The van der Waals surface area contributed by atoms with Crippen LogP contribution in [0, 0.1) is 0 Å². The van der Waals surface area contributed by atoms with Gasteiger partial charge in [0.25, 0.3) is 0 Å². The van der Waals surface area contributed by atoms with Crippen molar-refractivity contribution in [1.82, 2.24) is 0 Å².